The van der Waals surface area contributed by atoms with Crippen molar-refractivity contribution in [3.8, 4) is 17.5 Å². The third-order valence-electron chi connectivity index (χ3n) is 7.54. The van der Waals surface area contributed by atoms with Crippen LogP contribution in [0.5, 0.6) is 5.75 Å². The van der Waals surface area contributed by atoms with Crippen molar-refractivity contribution in [2.75, 3.05) is 12.8 Å². The summed E-state index contributed by atoms with van der Waals surface area (Å²) < 4.78 is 109. The number of aliphatic hydroxyl groups is 1. The molecule has 2 N–H and O–H groups in total. The van der Waals surface area contributed by atoms with Crippen molar-refractivity contribution < 1.29 is 49.4 Å². The first kappa shape index (κ1) is 34.2. The molecule has 238 valence electrons. The minimum Gasteiger partial charge on any atom is -0.404 e. The number of alkyl halides is 6. The number of amides is 1. The molecule has 1 aromatic carbocycles. The first-order chi connectivity index (χ1) is 19.6. The topological polar surface area (TPSA) is 134 Å². The Hall–Kier alpha value is -3.32. The third-order valence-corrected chi connectivity index (χ3v) is 9.22. The molecule has 0 saturated heterocycles. The average Bonchev–Trinajstić information content (AvgIpc) is 3.24. The molecule has 1 saturated carbocycles. The summed E-state index contributed by atoms with van der Waals surface area (Å²) in [5, 5.41) is 22.7. The second kappa shape index (κ2) is 12.0. The number of hydrogen-bond donors (Lipinski definition) is 2. The number of ether oxygens (including phenoxy) is 1. The van der Waals surface area contributed by atoms with Gasteiger partial charge in [-0.15, -0.1) is 13.2 Å². The third kappa shape index (κ3) is 7.99. The number of halogens is 6. The number of nitriles is 1. The Morgan fingerprint density at radius 3 is 2.30 bits per heavy atom. The van der Waals surface area contributed by atoms with Gasteiger partial charge in [0.05, 0.1) is 22.0 Å². The molecule has 2 aromatic rings. The van der Waals surface area contributed by atoms with Crippen LogP contribution in [0.15, 0.2) is 18.2 Å². The maximum Gasteiger partial charge on any atom is 0.573 e. The van der Waals surface area contributed by atoms with Gasteiger partial charge in [-0.05, 0) is 49.8 Å². The lowest BCUT2D eigenvalue weighted by Crippen LogP contribution is -2.47. The number of rotatable bonds is 9. The highest BCUT2D eigenvalue weighted by atomic mass is 32.2. The average molecular weight is 639 g/mol. The van der Waals surface area contributed by atoms with Crippen molar-refractivity contribution in [2.24, 2.45) is 5.41 Å². The van der Waals surface area contributed by atoms with E-state index in [2.05, 4.69) is 15.0 Å². The van der Waals surface area contributed by atoms with Crippen LogP contribution in [0, 0.1) is 16.7 Å². The summed E-state index contributed by atoms with van der Waals surface area (Å²) >= 11 is 0. The van der Waals surface area contributed by atoms with Crippen molar-refractivity contribution >= 4 is 15.7 Å². The Labute approximate surface area is 244 Å². The van der Waals surface area contributed by atoms with Crippen LogP contribution in [0.3, 0.4) is 0 Å². The first-order valence-corrected chi connectivity index (χ1v) is 15.2. The van der Waals surface area contributed by atoms with E-state index in [9.17, 15) is 49.9 Å². The Balaban J connectivity index is 1.97. The number of aryl methyl sites for hydroxylation is 1. The molecule has 16 heteroatoms. The van der Waals surface area contributed by atoms with E-state index < -0.39 is 68.1 Å². The van der Waals surface area contributed by atoms with Crippen LogP contribution in [0.4, 0.5) is 26.3 Å². The standard InChI is InChI=1S/C27H32F6N4O5S/c1-5-21-36-22(23(38)35-15-25(39)10-8-17(9-11-25)43(4,40)41)19(14-34)37(21)18-7-6-16(12-20(18)42-27(31,32)33)13-24(2,3)26(28,29)30/h6-7,12,17,39H,5,8-11,13,15H2,1-4H3,(H,35,38)/t17-,25+. The van der Waals surface area contributed by atoms with Crippen LogP contribution in [-0.2, 0) is 22.7 Å². The van der Waals surface area contributed by atoms with Crippen molar-refractivity contribution in [1.29, 1.82) is 5.26 Å². The van der Waals surface area contributed by atoms with E-state index in [0.29, 0.717) is 0 Å². The Morgan fingerprint density at radius 2 is 1.81 bits per heavy atom. The maximum atomic E-state index is 13.4. The number of carbonyl (C=O) groups excluding carboxylic acids is 1. The van der Waals surface area contributed by atoms with Gasteiger partial charge in [-0.1, -0.05) is 26.8 Å². The van der Waals surface area contributed by atoms with Crippen molar-refractivity contribution in [3.05, 3.63) is 41.0 Å². The SMILES string of the molecule is CCc1nc(C(=O)NC[C@]2(O)CC[C@@H](S(C)(=O)=O)CC2)c(C#N)n1-c1ccc(CC(C)(C)C(F)(F)F)cc1OC(F)(F)F. The highest BCUT2D eigenvalue weighted by molar-refractivity contribution is 7.91. The minimum absolute atomic E-state index is 0.00975. The maximum absolute atomic E-state index is 13.4. The van der Waals surface area contributed by atoms with Crippen molar-refractivity contribution in [2.45, 2.75) is 82.7 Å². The van der Waals surface area contributed by atoms with Gasteiger partial charge in [-0.3, -0.25) is 9.36 Å². The normalized spacial score (nSPS) is 20.0. The summed E-state index contributed by atoms with van der Waals surface area (Å²) in [6.07, 6.45) is -8.87. The van der Waals surface area contributed by atoms with Crippen LogP contribution in [0.2, 0.25) is 0 Å². The van der Waals surface area contributed by atoms with Gasteiger partial charge in [0.25, 0.3) is 5.91 Å². The largest absolute Gasteiger partial charge is 0.573 e. The zero-order valence-electron chi connectivity index (χ0n) is 23.9. The molecule has 0 radical (unpaired) electrons. The van der Waals surface area contributed by atoms with Crippen molar-refractivity contribution in [1.82, 2.24) is 14.9 Å². The monoisotopic (exact) mass is 638 g/mol. The van der Waals surface area contributed by atoms with Gasteiger partial charge < -0.3 is 15.2 Å². The Bertz CT molecular complexity index is 1500. The van der Waals surface area contributed by atoms with Gasteiger partial charge in [0.2, 0.25) is 0 Å². The Kier molecular flexibility index (Phi) is 9.53. The van der Waals surface area contributed by atoms with Crippen LogP contribution in [-0.4, -0.2) is 65.2 Å². The second-order valence-electron chi connectivity index (χ2n) is 11.4. The lowest BCUT2D eigenvalue weighted by molar-refractivity contribution is -0.274. The molecule has 0 spiro atoms. The molecule has 1 aromatic heterocycles. The zero-order valence-corrected chi connectivity index (χ0v) is 24.7. The Morgan fingerprint density at radius 1 is 1.21 bits per heavy atom. The number of carbonyl (C=O) groups is 1. The molecule has 0 unspecified atom stereocenters. The molecule has 1 heterocycles. The summed E-state index contributed by atoms with van der Waals surface area (Å²) in [5.41, 5.74) is -5.09. The second-order valence-corrected chi connectivity index (χ2v) is 13.7. The van der Waals surface area contributed by atoms with Gasteiger partial charge in [-0.2, -0.15) is 18.4 Å². The highest BCUT2D eigenvalue weighted by Gasteiger charge is 2.47. The van der Waals surface area contributed by atoms with Gasteiger partial charge in [0, 0.05) is 19.2 Å². The molecule has 1 aliphatic rings. The highest BCUT2D eigenvalue weighted by Crippen LogP contribution is 2.42. The summed E-state index contributed by atoms with van der Waals surface area (Å²) in [6.45, 7) is 3.08. The summed E-state index contributed by atoms with van der Waals surface area (Å²) in [4.78, 5) is 17.2. The molecule has 0 bridgehead atoms. The predicted molar refractivity (Wildman–Crippen MR) is 142 cm³/mol. The molecule has 9 nitrogen and oxygen atoms in total. The summed E-state index contributed by atoms with van der Waals surface area (Å²) in [5.74, 6) is -1.81. The van der Waals surface area contributed by atoms with Gasteiger partial charge in [-0.25, -0.2) is 13.4 Å². The van der Waals surface area contributed by atoms with E-state index in [1.807, 2.05) is 0 Å². The fourth-order valence-corrected chi connectivity index (χ4v) is 6.05. The van der Waals surface area contributed by atoms with Crippen LogP contribution < -0.4 is 10.1 Å². The molecule has 0 aliphatic heterocycles. The van der Waals surface area contributed by atoms with Gasteiger partial charge >= 0.3 is 12.5 Å². The number of nitrogens with one attached hydrogen (secondary N) is 1. The number of benzene rings is 1. The lowest BCUT2D eigenvalue weighted by Gasteiger charge is -2.35. The van der Waals surface area contributed by atoms with E-state index in [1.54, 1.807) is 13.0 Å². The minimum atomic E-state index is -5.24. The zero-order chi connectivity index (χ0) is 32.6. The molecule has 1 aliphatic carbocycles. The van der Waals surface area contributed by atoms with Crippen LogP contribution in [0.1, 0.15) is 74.0 Å². The molecule has 1 amide bonds. The number of hydrogen-bond acceptors (Lipinski definition) is 7. The first-order valence-electron chi connectivity index (χ1n) is 13.3. The molecule has 3 rings (SSSR count). The van der Waals surface area contributed by atoms with Crippen LogP contribution in [0.25, 0.3) is 5.69 Å². The predicted octanol–water partition coefficient (Wildman–Crippen LogP) is 4.78. The van der Waals surface area contributed by atoms with E-state index in [-0.39, 0.29) is 55.7 Å². The number of aromatic nitrogens is 2. The summed E-state index contributed by atoms with van der Waals surface area (Å²) in [6, 6.07) is 4.80. The smallest absolute Gasteiger partial charge is 0.404 e. The van der Waals surface area contributed by atoms with Gasteiger partial charge in [0.15, 0.2) is 17.1 Å². The molecule has 43 heavy (non-hydrogen) atoms. The van der Waals surface area contributed by atoms with Gasteiger partial charge in [0.1, 0.15) is 21.7 Å². The number of imidazole rings is 1. The number of nitrogens with zero attached hydrogens (tertiary/aromatic N) is 3. The van der Waals surface area contributed by atoms with E-state index in [0.717, 1.165) is 36.8 Å². The van der Waals surface area contributed by atoms with E-state index >= 15 is 0 Å². The molecule has 1 fully saturated rings. The molecule has 0 atom stereocenters. The van der Waals surface area contributed by atoms with E-state index in [4.69, 9.17) is 0 Å². The summed E-state index contributed by atoms with van der Waals surface area (Å²) in [7, 11) is -3.30. The van der Waals surface area contributed by atoms with Crippen molar-refractivity contribution in [3.63, 3.8) is 0 Å². The lowest BCUT2D eigenvalue weighted by atomic mass is 9.84. The number of sulfone groups is 1. The quantitative estimate of drug-likeness (QED) is 0.378. The molecular formula is C27H32F6N4O5S. The molecular weight excluding hydrogens is 606 g/mol. The van der Waals surface area contributed by atoms with E-state index in [1.165, 1.54) is 6.07 Å². The fourth-order valence-electron chi connectivity index (χ4n) is 4.96. The van der Waals surface area contributed by atoms with Crippen LogP contribution >= 0.6 is 0 Å². The fraction of sp³-hybridized carbons (Fsp3) is 0.593.